The molecule has 124 valence electrons. The summed E-state index contributed by atoms with van der Waals surface area (Å²) in [4.78, 5) is 0. The second-order valence-corrected chi connectivity index (χ2v) is 6.04. The highest BCUT2D eigenvalue weighted by atomic mass is 19.4. The highest BCUT2D eigenvalue weighted by Gasteiger charge is 2.31. The number of aryl methyl sites for hydroxylation is 1. The van der Waals surface area contributed by atoms with Gasteiger partial charge in [0, 0.05) is 24.5 Å². The first kappa shape index (κ1) is 16.1. The van der Waals surface area contributed by atoms with Gasteiger partial charge in [-0.2, -0.15) is 13.2 Å². The van der Waals surface area contributed by atoms with Crippen molar-refractivity contribution >= 4 is 0 Å². The average molecular weight is 322 g/mol. The highest BCUT2D eigenvalue weighted by Crippen LogP contribution is 2.35. The molecule has 1 aromatic carbocycles. The Balaban J connectivity index is 2.06. The molecule has 0 atom stereocenters. The van der Waals surface area contributed by atoms with Gasteiger partial charge in [-0.05, 0) is 62.1 Å². The standard InChI is InChI=1S/C18H21F3N2/c1-22-9-10-23-16-8-3-2-5-14(16)12-17(23)13-6-4-7-15(11-13)18(19,20)21/h4,6-7,11-12,22H,2-3,5,8-10H2,1H3. The summed E-state index contributed by atoms with van der Waals surface area (Å²) < 4.78 is 41.2. The summed E-state index contributed by atoms with van der Waals surface area (Å²) in [7, 11) is 1.89. The van der Waals surface area contributed by atoms with Gasteiger partial charge in [0.2, 0.25) is 0 Å². The first-order chi connectivity index (χ1) is 11.0. The lowest BCUT2D eigenvalue weighted by atomic mass is 9.98. The molecule has 0 unspecified atom stereocenters. The van der Waals surface area contributed by atoms with E-state index >= 15 is 0 Å². The first-order valence-electron chi connectivity index (χ1n) is 8.04. The fourth-order valence-electron chi connectivity index (χ4n) is 3.34. The third-order valence-electron chi connectivity index (χ3n) is 4.48. The van der Waals surface area contributed by atoms with Crippen molar-refractivity contribution in [2.75, 3.05) is 13.6 Å². The maximum Gasteiger partial charge on any atom is 0.416 e. The van der Waals surface area contributed by atoms with Gasteiger partial charge in [-0.15, -0.1) is 0 Å². The molecule has 23 heavy (non-hydrogen) atoms. The summed E-state index contributed by atoms with van der Waals surface area (Å²) in [5, 5.41) is 3.13. The lowest BCUT2D eigenvalue weighted by molar-refractivity contribution is -0.137. The molecule has 2 aromatic rings. The van der Waals surface area contributed by atoms with Gasteiger partial charge in [0.1, 0.15) is 0 Å². The van der Waals surface area contributed by atoms with Gasteiger partial charge in [0.25, 0.3) is 0 Å². The van der Waals surface area contributed by atoms with E-state index in [4.69, 9.17) is 0 Å². The Labute approximate surface area is 134 Å². The van der Waals surface area contributed by atoms with Crippen LogP contribution in [0.1, 0.15) is 29.7 Å². The van der Waals surface area contributed by atoms with Gasteiger partial charge < -0.3 is 9.88 Å². The van der Waals surface area contributed by atoms with Crippen LogP contribution in [0.4, 0.5) is 13.2 Å². The van der Waals surface area contributed by atoms with Crippen LogP contribution in [-0.2, 0) is 25.6 Å². The van der Waals surface area contributed by atoms with Crippen molar-refractivity contribution in [3.05, 3.63) is 47.2 Å². The van der Waals surface area contributed by atoms with Crippen LogP contribution in [-0.4, -0.2) is 18.2 Å². The Hall–Kier alpha value is -1.75. The number of alkyl halides is 3. The molecule has 1 aromatic heterocycles. The van der Waals surface area contributed by atoms with Gasteiger partial charge in [-0.1, -0.05) is 12.1 Å². The lowest BCUT2D eigenvalue weighted by Crippen LogP contribution is -2.18. The number of likely N-dealkylation sites (N-methyl/N-ethyl adjacent to an activating group) is 1. The molecule has 3 rings (SSSR count). The minimum Gasteiger partial charge on any atom is -0.343 e. The number of halogens is 3. The van der Waals surface area contributed by atoms with Gasteiger partial charge in [-0.25, -0.2) is 0 Å². The lowest BCUT2D eigenvalue weighted by Gasteiger charge is -2.17. The van der Waals surface area contributed by atoms with Crippen molar-refractivity contribution < 1.29 is 13.2 Å². The van der Waals surface area contributed by atoms with E-state index < -0.39 is 11.7 Å². The Morgan fingerprint density at radius 2 is 1.91 bits per heavy atom. The highest BCUT2D eigenvalue weighted by molar-refractivity contribution is 5.64. The molecule has 0 saturated carbocycles. The number of benzene rings is 1. The molecule has 2 nitrogen and oxygen atoms in total. The predicted molar refractivity (Wildman–Crippen MR) is 85.4 cm³/mol. The van der Waals surface area contributed by atoms with Crippen molar-refractivity contribution in [2.45, 2.75) is 38.4 Å². The van der Waals surface area contributed by atoms with E-state index in [1.54, 1.807) is 6.07 Å². The molecule has 0 aliphatic heterocycles. The summed E-state index contributed by atoms with van der Waals surface area (Å²) in [6.45, 7) is 1.57. The minimum atomic E-state index is -4.31. The van der Waals surface area contributed by atoms with Crippen LogP contribution in [0.3, 0.4) is 0 Å². The molecule has 0 saturated heterocycles. The third kappa shape index (κ3) is 3.29. The topological polar surface area (TPSA) is 17.0 Å². The smallest absolute Gasteiger partial charge is 0.343 e. The molecule has 0 fully saturated rings. The minimum absolute atomic E-state index is 0.589. The molecule has 1 aliphatic carbocycles. The molecule has 1 N–H and O–H groups in total. The van der Waals surface area contributed by atoms with Crippen molar-refractivity contribution in [1.29, 1.82) is 0 Å². The van der Waals surface area contributed by atoms with E-state index in [1.807, 2.05) is 7.05 Å². The van der Waals surface area contributed by atoms with E-state index in [9.17, 15) is 13.2 Å². The fourth-order valence-corrected chi connectivity index (χ4v) is 3.34. The summed E-state index contributed by atoms with van der Waals surface area (Å²) in [5.74, 6) is 0. The van der Waals surface area contributed by atoms with E-state index in [-0.39, 0.29) is 0 Å². The molecule has 0 bridgehead atoms. The average Bonchev–Trinajstić information content (AvgIpc) is 2.91. The molecular formula is C18H21F3N2. The SMILES string of the molecule is CNCCn1c(-c2cccc(C(F)(F)F)c2)cc2c1CCCC2. The van der Waals surface area contributed by atoms with Gasteiger partial charge in [0.15, 0.2) is 0 Å². The molecule has 0 spiro atoms. The van der Waals surface area contributed by atoms with Gasteiger partial charge in [-0.3, -0.25) is 0 Å². The number of rotatable bonds is 4. The summed E-state index contributed by atoms with van der Waals surface area (Å²) in [5.41, 5.74) is 3.54. The van der Waals surface area contributed by atoms with Crippen molar-refractivity contribution in [3.63, 3.8) is 0 Å². The van der Waals surface area contributed by atoms with Crippen LogP contribution in [0.25, 0.3) is 11.3 Å². The second kappa shape index (κ2) is 6.40. The molecule has 0 radical (unpaired) electrons. The number of hydrogen-bond acceptors (Lipinski definition) is 1. The summed E-state index contributed by atoms with van der Waals surface area (Å²) >= 11 is 0. The van der Waals surface area contributed by atoms with Crippen molar-refractivity contribution in [1.82, 2.24) is 9.88 Å². The largest absolute Gasteiger partial charge is 0.416 e. The first-order valence-corrected chi connectivity index (χ1v) is 8.04. The number of nitrogens with one attached hydrogen (secondary N) is 1. The zero-order valence-electron chi connectivity index (χ0n) is 13.2. The van der Waals surface area contributed by atoms with Crippen molar-refractivity contribution in [3.8, 4) is 11.3 Å². The van der Waals surface area contributed by atoms with Crippen LogP contribution in [0.5, 0.6) is 0 Å². The van der Waals surface area contributed by atoms with Crippen LogP contribution in [0, 0.1) is 0 Å². The Morgan fingerprint density at radius 3 is 2.65 bits per heavy atom. The van der Waals surface area contributed by atoms with E-state index in [0.29, 0.717) is 5.56 Å². The molecule has 1 aliphatic rings. The molecule has 1 heterocycles. The van der Waals surface area contributed by atoms with Crippen LogP contribution in [0.2, 0.25) is 0 Å². The van der Waals surface area contributed by atoms with Crippen LogP contribution in [0.15, 0.2) is 30.3 Å². The van der Waals surface area contributed by atoms with E-state index in [2.05, 4.69) is 16.0 Å². The molecular weight excluding hydrogens is 301 g/mol. The number of hydrogen-bond donors (Lipinski definition) is 1. The maximum atomic E-state index is 13.0. The maximum absolute atomic E-state index is 13.0. The number of nitrogens with zero attached hydrogens (tertiary/aromatic N) is 1. The Morgan fingerprint density at radius 1 is 1.13 bits per heavy atom. The van der Waals surface area contributed by atoms with Gasteiger partial charge in [0.05, 0.1) is 5.56 Å². The van der Waals surface area contributed by atoms with E-state index in [0.717, 1.165) is 50.5 Å². The summed E-state index contributed by atoms with van der Waals surface area (Å²) in [6, 6.07) is 7.74. The van der Waals surface area contributed by atoms with Crippen LogP contribution < -0.4 is 5.32 Å². The predicted octanol–water partition coefficient (Wildman–Crippen LogP) is 4.27. The Bertz CT molecular complexity index is 686. The van der Waals surface area contributed by atoms with Gasteiger partial charge >= 0.3 is 6.18 Å². The normalized spacial score (nSPS) is 14.8. The molecule has 0 amide bonds. The summed E-state index contributed by atoms with van der Waals surface area (Å²) in [6.07, 6.45) is 0.0353. The number of aromatic nitrogens is 1. The zero-order chi connectivity index (χ0) is 16.4. The third-order valence-corrected chi connectivity index (χ3v) is 4.48. The monoisotopic (exact) mass is 322 g/mol. The van der Waals surface area contributed by atoms with E-state index in [1.165, 1.54) is 23.4 Å². The second-order valence-electron chi connectivity index (χ2n) is 6.04. The van der Waals surface area contributed by atoms with Crippen LogP contribution >= 0.6 is 0 Å². The zero-order valence-corrected chi connectivity index (χ0v) is 13.2. The quantitative estimate of drug-likeness (QED) is 0.889. The Kier molecular flexibility index (Phi) is 4.48. The number of fused-ring (bicyclic) bond motifs is 1. The molecule has 5 heteroatoms. The van der Waals surface area contributed by atoms with Crippen molar-refractivity contribution in [2.24, 2.45) is 0 Å². The fraction of sp³-hybridized carbons (Fsp3) is 0.444.